The standard InChI is InChI=1S/C24H26N2O5/c1-2-29-19-8-6-18(7-9-19)26-15-16(13-22(26)27)23(28)25-17-5-10-20-21(14-17)31-24(30-20)11-3-4-12-24/h5-10,14,16H,2-4,11-13,15H2,1H3,(H,25,28)/t16-/m0/s1. The highest BCUT2D eigenvalue weighted by molar-refractivity contribution is 6.03. The van der Waals surface area contributed by atoms with Crippen molar-refractivity contribution >= 4 is 23.2 Å². The van der Waals surface area contributed by atoms with Crippen LogP contribution in [0.2, 0.25) is 0 Å². The van der Waals surface area contributed by atoms with Crippen LogP contribution in [0.3, 0.4) is 0 Å². The molecule has 7 nitrogen and oxygen atoms in total. The molecule has 0 bridgehead atoms. The molecule has 1 aliphatic carbocycles. The zero-order valence-electron chi connectivity index (χ0n) is 17.6. The Bertz CT molecular complexity index is 998. The van der Waals surface area contributed by atoms with E-state index in [4.69, 9.17) is 14.2 Å². The second-order valence-electron chi connectivity index (χ2n) is 8.30. The fraction of sp³-hybridized carbons (Fsp3) is 0.417. The number of rotatable bonds is 5. The van der Waals surface area contributed by atoms with Crippen molar-refractivity contribution in [3.8, 4) is 17.2 Å². The average molecular weight is 422 g/mol. The second-order valence-corrected chi connectivity index (χ2v) is 8.30. The molecule has 0 unspecified atom stereocenters. The topological polar surface area (TPSA) is 77.1 Å². The van der Waals surface area contributed by atoms with Crippen molar-refractivity contribution in [2.75, 3.05) is 23.4 Å². The Morgan fingerprint density at radius 3 is 2.61 bits per heavy atom. The second kappa shape index (κ2) is 7.80. The number of ether oxygens (including phenoxy) is 3. The summed E-state index contributed by atoms with van der Waals surface area (Å²) in [4.78, 5) is 27.0. The van der Waals surface area contributed by atoms with Gasteiger partial charge in [-0.05, 0) is 56.2 Å². The van der Waals surface area contributed by atoms with Gasteiger partial charge in [-0.25, -0.2) is 0 Å². The first-order valence-electron chi connectivity index (χ1n) is 10.9. The lowest BCUT2D eigenvalue weighted by Gasteiger charge is -2.21. The van der Waals surface area contributed by atoms with Gasteiger partial charge in [0, 0.05) is 43.2 Å². The van der Waals surface area contributed by atoms with Crippen LogP contribution < -0.4 is 24.4 Å². The smallest absolute Gasteiger partial charge is 0.251 e. The molecule has 2 aliphatic heterocycles. The van der Waals surface area contributed by atoms with Gasteiger partial charge in [-0.1, -0.05) is 0 Å². The van der Waals surface area contributed by atoms with E-state index in [0.29, 0.717) is 24.6 Å². The number of nitrogens with zero attached hydrogens (tertiary/aromatic N) is 1. The average Bonchev–Trinajstić information content (AvgIpc) is 3.47. The summed E-state index contributed by atoms with van der Waals surface area (Å²) in [5.74, 6) is 0.978. The van der Waals surface area contributed by atoms with Crippen LogP contribution in [0.25, 0.3) is 0 Å². The Hall–Kier alpha value is -3.22. The fourth-order valence-corrected chi connectivity index (χ4v) is 4.56. The first-order valence-corrected chi connectivity index (χ1v) is 10.9. The minimum absolute atomic E-state index is 0.0572. The predicted octanol–water partition coefficient (Wildman–Crippen LogP) is 4.12. The number of fused-ring (bicyclic) bond motifs is 1. The molecule has 1 N–H and O–H groups in total. The van der Waals surface area contributed by atoms with Gasteiger partial charge in [-0.2, -0.15) is 0 Å². The van der Waals surface area contributed by atoms with E-state index < -0.39 is 11.7 Å². The van der Waals surface area contributed by atoms with Gasteiger partial charge in [0.15, 0.2) is 11.5 Å². The monoisotopic (exact) mass is 422 g/mol. The Labute approximate surface area is 181 Å². The van der Waals surface area contributed by atoms with Gasteiger partial charge >= 0.3 is 0 Å². The Morgan fingerprint density at radius 1 is 1.13 bits per heavy atom. The maximum absolute atomic E-state index is 12.8. The molecule has 2 aromatic rings. The lowest BCUT2D eigenvalue weighted by Crippen LogP contribution is -2.34. The Kier molecular flexibility index (Phi) is 4.96. The molecular formula is C24H26N2O5. The molecule has 0 aromatic heterocycles. The number of carbonyl (C=O) groups is 2. The molecule has 1 saturated heterocycles. The Morgan fingerprint density at radius 2 is 1.87 bits per heavy atom. The van der Waals surface area contributed by atoms with Gasteiger partial charge in [0.25, 0.3) is 5.79 Å². The number of hydrogen-bond acceptors (Lipinski definition) is 5. The van der Waals surface area contributed by atoms with E-state index in [2.05, 4.69) is 5.32 Å². The first kappa shape index (κ1) is 19.7. The molecule has 0 radical (unpaired) electrons. The van der Waals surface area contributed by atoms with E-state index in [9.17, 15) is 9.59 Å². The van der Waals surface area contributed by atoms with Crippen molar-refractivity contribution in [3.05, 3.63) is 42.5 Å². The van der Waals surface area contributed by atoms with E-state index in [0.717, 1.165) is 42.9 Å². The Balaban J connectivity index is 1.23. The third-order valence-corrected chi connectivity index (χ3v) is 6.12. The van der Waals surface area contributed by atoms with Crippen LogP contribution in [-0.4, -0.2) is 30.8 Å². The van der Waals surface area contributed by atoms with E-state index in [1.807, 2.05) is 43.3 Å². The summed E-state index contributed by atoms with van der Waals surface area (Å²) in [6.45, 7) is 2.87. The highest BCUT2D eigenvalue weighted by atomic mass is 16.7. The van der Waals surface area contributed by atoms with Crippen LogP contribution in [0.1, 0.15) is 39.0 Å². The fourth-order valence-electron chi connectivity index (χ4n) is 4.56. The van der Waals surface area contributed by atoms with Gasteiger partial charge in [-0.3, -0.25) is 9.59 Å². The van der Waals surface area contributed by atoms with Gasteiger partial charge in [0.2, 0.25) is 11.8 Å². The highest BCUT2D eigenvalue weighted by Crippen LogP contribution is 2.47. The van der Waals surface area contributed by atoms with Crippen LogP contribution >= 0.6 is 0 Å². The first-order chi connectivity index (χ1) is 15.0. The highest BCUT2D eigenvalue weighted by Gasteiger charge is 2.44. The molecule has 5 rings (SSSR count). The molecule has 31 heavy (non-hydrogen) atoms. The number of hydrogen-bond donors (Lipinski definition) is 1. The van der Waals surface area contributed by atoms with Crippen LogP contribution in [0, 0.1) is 5.92 Å². The number of carbonyl (C=O) groups excluding carboxylic acids is 2. The number of anilines is 2. The summed E-state index contributed by atoms with van der Waals surface area (Å²) < 4.78 is 17.5. The van der Waals surface area contributed by atoms with Crippen molar-refractivity contribution < 1.29 is 23.8 Å². The lowest BCUT2D eigenvalue weighted by atomic mass is 10.1. The van der Waals surface area contributed by atoms with E-state index in [-0.39, 0.29) is 18.2 Å². The molecule has 1 spiro atoms. The predicted molar refractivity (Wildman–Crippen MR) is 116 cm³/mol. The van der Waals surface area contributed by atoms with Crippen molar-refractivity contribution in [2.24, 2.45) is 5.92 Å². The molecule has 2 heterocycles. The summed E-state index contributed by atoms with van der Waals surface area (Å²) in [7, 11) is 0. The van der Waals surface area contributed by atoms with Gasteiger partial charge < -0.3 is 24.4 Å². The summed E-state index contributed by atoms with van der Waals surface area (Å²) in [6.07, 6.45) is 4.15. The third kappa shape index (κ3) is 3.80. The van der Waals surface area contributed by atoms with Gasteiger partial charge in [0.05, 0.1) is 12.5 Å². The maximum atomic E-state index is 12.8. The van der Waals surface area contributed by atoms with Crippen LogP contribution in [0.4, 0.5) is 11.4 Å². The molecule has 7 heteroatoms. The van der Waals surface area contributed by atoms with E-state index in [1.165, 1.54) is 0 Å². The number of benzene rings is 2. The number of nitrogens with one attached hydrogen (secondary N) is 1. The van der Waals surface area contributed by atoms with Crippen LogP contribution in [0.15, 0.2) is 42.5 Å². The van der Waals surface area contributed by atoms with Crippen molar-refractivity contribution in [3.63, 3.8) is 0 Å². The maximum Gasteiger partial charge on any atom is 0.251 e. The molecular weight excluding hydrogens is 396 g/mol. The van der Waals surface area contributed by atoms with E-state index in [1.54, 1.807) is 11.0 Å². The zero-order chi connectivity index (χ0) is 21.4. The van der Waals surface area contributed by atoms with Crippen molar-refractivity contribution in [1.29, 1.82) is 0 Å². The third-order valence-electron chi connectivity index (χ3n) is 6.12. The summed E-state index contributed by atoms with van der Waals surface area (Å²) in [5.41, 5.74) is 1.42. The SMILES string of the molecule is CCOc1ccc(N2C[C@@H](C(=O)Nc3ccc4c(c3)OC3(CCCC3)O4)CC2=O)cc1. The minimum atomic E-state index is -0.527. The molecule has 162 valence electrons. The van der Waals surface area contributed by atoms with Crippen molar-refractivity contribution in [2.45, 2.75) is 44.8 Å². The van der Waals surface area contributed by atoms with Crippen molar-refractivity contribution in [1.82, 2.24) is 0 Å². The summed E-state index contributed by atoms with van der Waals surface area (Å²) in [5, 5.41) is 2.94. The number of amides is 2. The minimum Gasteiger partial charge on any atom is -0.494 e. The lowest BCUT2D eigenvalue weighted by molar-refractivity contribution is -0.122. The summed E-state index contributed by atoms with van der Waals surface area (Å²) >= 11 is 0. The molecule has 2 aromatic carbocycles. The van der Waals surface area contributed by atoms with Crippen LogP contribution in [-0.2, 0) is 9.59 Å². The normalized spacial score (nSPS) is 21.0. The summed E-state index contributed by atoms with van der Waals surface area (Å²) in [6, 6.07) is 12.8. The molecule has 1 saturated carbocycles. The molecule has 3 aliphatic rings. The largest absolute Gasteiger partial charge is 0.494 e. The quantitative estimate of drug-likeness (QED) is 0.784. The van der Waals surface area contributed by atoms with E-state index >= 15 is 0 Å². The molecule has 1 atom stereocenters. The van der Waals surface area contributed by atoms with Gasteiger partial charge in [-0.15, -0.1) is 0 Å². The zero-order valence-corrected chi connectivity index (χ0v) is 17.6. The molecule has 2 fully saturated rings. The van der Waals surface area contributed by atoms with Gasteiger partial charge in [0.1, 0.15) is 5.75 Å². The van der Waals surface area contributed by atoms with Crippen LogP contribution in [0.5, 0.6) is 17.2 Å². The molecule has 2 amide bonds.